The van der Waals surface area contributed by atoms with Gasteiger partial charge in [0.25, 0.3) is 0 Å². The number of halogens is 3. The molecule has 0 spiro atoms. The number of carbonyl (C=O) groups is 1. The first kappa shape index (κ1) is 22.0. The van der Waals surface area contributed by atoms with E-state index >= 15 is 0 Å². The maximum Gasteiger partial charge on any atom is 0.416 e. The molecule has 4 rings (SSSR count). The van der Waals surface area contributed by atoms with Crippen LogP contribution in [-0.4, -0.2) is 36.3 Å². The Kier molecular flexibility index (Phi) is 5.97. The Morgan fingerprint density at radius 2 is 1.97 bits per heavy atom. The fourth-order valence-corrected chi connectivity index (χ4v) is 6.36. The number of urea groups is 1. The Morgan fingerprint density at radius 1 is 1.23 bits per heavy atom. The van der Waals surface area contributed by atoms with E-state index in [4.69, 9.17) is 0 Å². The van der Waals surface area contributed by atoms with Crippen molar-refractivity contribution in [3.63, 3.8) is 0 Å². The molecule has 2 aromatic rings. The minimum absolute atomic E-state index is 0.00248. The van der Waals surface area contributed by atoms with Gasteiger partial charge in [-0.25, -0.2) is 18.2 Å². The van der Waals surface area contributed by atoms with Gasteiger partial charge >= 0.3 is 12.2 Å². The highest BCUT2D eigenvalue weighted by Crippen LogP contribution is 2.34. The minimum atomic E-state index is -4.63. The number of fused-ring (bicyclic) bond motifs is 1. The first-order valence-corrected chi connectivity index (χ1v) is 12.1. The zero-order chi connectivity index (χ0) is 22.2. The molecule has 2 N–H and O–H groups in total. The summed E-state index contributed by atoms with van der Waals surface area (Å²) in [6.07, 6.45) is -0.235. The number of thiazole rings is 1. The molecule has 168 valence electrons. The lowest BCUT2D eigenvalue weighted by Crippen LogP contribution is -2.36. The van der Waals surface area contributed by atoms with Crippen molar-refractivity contribution >= 4 is 32.5 Å². The van der Waals surface area contributed by atoms with Gasteiger partial charge in [0.2, 0.25) is 10.0 Å². The lowest BCUT2D eigenvalue weighted by Gasteiger charge is -2.25. The molecule has 7 nitrogen and oxygen atoms in total. The van der Waals surface area contributed by atoms with E-state index in [1.807, 2.05) is 0 Å². The Balaban J connectivity index is 1.46. The highest BCUT2D eigenvalue weighted by molar-refractivity contribution is 7.89. The molecule has 1 aromatic heterocycles. The Morgan fingerprint density at radius 3 is 2.68 bits per heavy atom. The molecule has 0 unspecified atom stereocenters. The molecule has 0 bridgehead atoms. The lowest BCUT2D eigenvalue weighted by molar-refractivity contribution is -0.137. The maximum atomic E-state index is 13.0. The fraction of sp³-hybridized carbons (Fsp3) is 0.474. The third kappa shape index (κ3) is 4.85. The van der Waals surface area contributed by atoms with Crippen LogP contribution in [0.3, 0.4) is 0 Å². The minimum Gasteiger partial charge on any atom is -0.335 e. The van der Waals surface area contributed by atoms with Crippen LogP contribution in [-0.2, 0) is 29.2 Å². The topological polar surface area (TPSA) is 91.4 Å². The van der Waals surface area contributed by atoms with Gasteiger partial charge in [0, 0.05) is 23.9 Å². The van der Waals surface area contributed by atoms with Crippen LogP contribution in [0.5, 0.6) is 0 Å². The molecule has 31 heavy (non-hydrogen) atoms. The van der Waals surface area contributed by atoms with Crippen LogP contribution in [0.2, 0.25) is 0 Å². The number of alkyl halides is 3. The number of hydrogen-bond donors (Lipinski definition) is 2. The second-order valence-corrected chi connectivity index (χ2v) is 10.6. The summed E-state index contributed by atoms with van der Waals surface area (Å²) in [5.74, 6) is 0. The predicted molar refractivity (Wildman–Crippen MR) is 109 cm³/mol. The first-order valence-electron chi connectivity index (χ1n) is 9.86. The third-order valence-corrected chi connectivity index (χ3v) is 8.25. The summed E-state index contributed by atoms with van der Waals surface area (Å²) in [6, 6.07) is 3.55. The normalized spacial score (nSPS) is 18.0. The Labute approximate surface area is 181 Å². The summed E-state index contributed by atoms with van der Waals surface area (Å²) in [7, 11) is -4.10. The molecule has 1 aliphatic heterocycles. The van der Waals surface area contributed by atoms with Crippen molar-refractivity contribution in [2.75, 3.05) is 11.9 Å². The summed E-state index contributed by atoms with van der Waals surface area (Å²) in [4.78, 5) is 16.8. The monoisotopic (exact) mass is 474 g/mol. The fourth-order valence-electron chi connectivity index (χ4n) is 3.80. The molecule has 1 saturated carbocycles. The summed E-state index contributed by atoms with van der Waals surface area (Å²) in [5.41, 5.74) is -0.319. The second-order valence-electron chi connectivity index (χ2n) is 7.58. The molecule has 12 heteroatoms. The number of anilines is 1. The molecule has 1 fully saturated rings. The molecule has 2 amide bonds. The van der Waals surface area contributed by atoms with E-state index in [1.54, 1.807) is 0 Å². The third-order valence-electron chi connectivity index (χ3n) is 5.41. The number of benzene rings is 1. The van der Waals surface area contributed by atoms with Crippen molar-refractivity contribution in [3.05, 3.63) is 40.4 Å². The molecule has 2 aliphatic rings. The van der Waals surface area contributed by atoms with Crippen LogP contribution in [0.15, 0.2) is 29.2 Å². The largest absolute Gasteiger partial charge is 0.416 e. The van der Waals surface area contributed by atoms with Gasteiger partial charge in [-0.15, -0.1) is 0 Å². The summed E-state index contributed by atoms with van der Waals surface area (Å²) in [5, 5.41) is 5.97. The quantitative estimate of drug-likeness (QED) is 0.702. The molecule has 0 radical (unpaired) electrons. The van der Waals surface area contributed by atoms with Crippen molar-refractivity contribution in [3.8, 4) is 0 Å². The van der Waals surface area contributed by atoms with Gasteiger partial charge in [-0.2, -0.15) is 17.5 Å². The maximum absolute atomic E-state index is 13.0. The van der Waals surface area contributed by atoms with Crippen LogP contribution < -0.4 is 10.6 Å². The number of rotatable bonds is 4. The van der Waals surface area contributed by atoms with Gasteiger partial charge in [-0.1, -0.05) is 30.2 Å². The number of sulfonamides is 1. The highest BCUT2D eigenvalue weighted by atomic mass is 32.2. The van der Waals surface area contributed by atoms with E-state index in [0.717, 1.165) is 48.2 Å². The Bertz CT molecular complexity index is 1080. The van der Waals surface area contributed by atoms with Gasteiger partial charge in [-0.05, 0) is 31.0 Å². The zero-order valence-electron chi connectivity index (χ0n) is 16.4. The van der Waals surface area contributed by atoms with Crippen molar-refractivity contribution in [2.24, 2.45) is 0 Å². The van der Waals surface area contributed by atoms with E-state index in [-0.39, 0.29) is 25.2 Å². The number of carbonyl (C=O) groups excluding carboxylic acids is 1. The van der Waals surface area contributed by atoms with E-state index in [2.05, 4.69) is 15.6 Å². The van der Waals surface area contributed by atoms with Crippen LogP contribution in [0, 0.1) is 0 Å². The van der Waals surface area contributed by atoms with E-state index in [1.165, 1.54) is 11.3 Å². The number of amides is 2. The molecule has 0 saturated heterocycles. The van der Waals surface area contributed by atoms with Gasteiger partial charge in [0.15, 0.2) is 5.13 Å². The highest BCUT2D eigenvalue weighted by Gasteiger charge is 2.34. The summed E-state index contributed by atoms with van der Waals surface area (Å²) in [6.45, 7) is 0.0977. The van der Waals surface area contributed by atoms with E-state index in [9.17, 15) is 26.4 Å². The standard InChI is InChI=1S/C19H21F3N4O3S2/c20-19(21,22)12-4-3-7-14(10-12)31(28,29)26-9-8-15-16(11-26)30-18(24-15)25-17(27)23-13-5-1-2-6-13/h3-4,7,10,13H,1-2,5-6,8-9,11H2,(H2,23,24,25,27). The van der Waals surface area contributed by atoms with Gasteiger partial charge in [0.05, 0.1) is 22.7 Å². The van der Waals surface area contributed by atoms with Gasteiger partial charge in [0.1, 0.15) is 0 Å². The molecule has 1 aliphatic carbocycles. The molecule has 1 aromatic carbocycles. The Hall–Kier alpha value is -2.18. The number of nitrogens with zero attached hydrogens (tertiary/aromatic N) is 2. The lowest BCUT2D eigenvalue weighted by atomic mass is 10.2. The number of aromatic nitrogens is 1. The predicted octanol–water partition coefficient (Wildman–Crippen LogP) is 3.97. The van der Waals surface area contributed by atoms with Crippen LogP contribution >= 0.6 is 11.3 Å². The summed E-state index contributed by atoms with van der Waals surface area (Å²) < 4.78 is 65.9. The average Bonchev–Trinajstić information content (AvgIpc) is 3.35. The molecular weight excluding hydrogens is 453 g/mol. The van der Waals surface area contributed by atoms with Crippen molar-refractivity contribution < 1.29 is 26.4 Å². The number of nitrogens with one attached hydrogen (secondary N) is 2. The molecule has 2 heterocycles. The summed E-state index contributed by atoms with van der Waals surface area (Å²) >= 11 is 1.17. The van der Waals surface area contributed by atoms with Crippen molar-refractivity contribution in [2.45, 2.75) is 55.8 Å². The van der Waals surface area contributed by atoms with E-state index in [0.29, 0.717) is 28.2 Å². The first-order chi connectivity index (χ1) is 14.6. The van der Waals surface area contributed by atoms with Gasteiger partial charge < -0.3 is 5.32 Å². The van der Waals surface area contributed by atoms with Gasteiger partial charge in [-0.3, -0.25) is 5.32 Å². The second kappa shape index (κ2) is 8.40. The van der Waals surface area contributed by atoms with Crippen LogP contribution in [0.25, 0.3) is 0 Å². The SMILES string of the molecule is O=C(Nc1nc2c(s1)CN(S(=O)(=O)c1cccc(C(F)(F)F)c1)CC2)NC1CCCC1. The molecule has 0 atom stereocenters. The molecular formula is C19H21F3N4O3S2. The van der Waals surface area contributed by atoms with Crippen molar-refractivity contribution in [1.82, 2.24) is 14.6 Å². The number of hydrogen-bond acceptors (Lipinski definition) is 5. The van der Waals surface area contributed by atoms with Crippen LogP contribution in [0.4, 0.5) is 23.1 Å². The smallest absolute Gasteiger partial charge is 0.335 e. The van der Waals surface area contributed by atoms with E-state index < -0.39 is 26.7 Å². The van der Waals surface area contributed by atoms with Crippen molar-refractivity contribution in [1.29, 1.82) is 0 Å². The zero-order valence-corrected chi connectivity index (χ0v) is 18.0. The average molecular weight is 475 g/mol. The van der Waals surface area contributed by atoms with Crippen LogP contribution in [0.1, 0.15) is 41.8 Å².